The smallest absolute Gasteiger partial charge is 0.158 e. The zero-order valence-corrected chi connectivity index (χ0v) is 16.4. The SMILES string of the molecule is CCCC1OC[C@H]2O[C@@H](CC(=O)/C=C/c3c[nH]c4ccccc34)[C@H](O)[C@@H](O)[C@@H]2O1. The number of carbonyl (C=O) groups excluding carboxylic acids is 1. The maximum absolute atomic E-state index is 12.5. The largest absolute Gasteiger partial charge is 0.388 e. The highest BCUT2D eigenvalue weighted by Crippen LogP contribution is 2.31. The number of hydrogen-bond donors (Lipinski definition) is 3. The fourth-order valence-electron chi connectivity index (χ4n) is 3.97. The second-order valence-electron chi connectivity index (χ2n) is 7.64. The fraction of sp³-hybridized carbons (Fsp3) is 0.500. The molecule has 2 aliphatic rings. The van der Waals surface area contributed by atoms with Crippen LogP contribution in [0.2, 0.25) is 0 Å². The lowest BCUT2D eigenvalue weighted by Crippen LogP contribution is -2.62. The normalized spacial score (nSPS) is 32.5. The molecule has 1 aromatic carbocycles. The number of aromatic nitrogens is 1. The van der Waals surface area contributed by atoms with Crippen molar-refractivity contribution in [2.24, 2.45) is 0 Å². The Morgan fingerprint density at radius 1 is 1.24 bits per heavy atom. The molecule has 2 aromatic rings. The summed E-state index contributed by atoms with van der Waals surface area (Å²) < 4.78 is 17.2. The van der Waals surface area contributed by atoms with Gasteiger partial charge in [0.2, 0.25) is 0 Å². The molecule has 0 radical (unpaired) electrons. The van der Waals surface area contributed by atoms with Gasteiger partial charge in [-0.2, -0.15) is 0 Å². The van der Waals surface area contributed by atoms with Crippen LogP contribution in [0.25, 0.3) is 17.0 Å². The molecule has 1 unspecified atom stereocenters. The Labute approximate surface area is 169 Å². The van der Waals surface area contributed by atoms with Gasteiger partial charge in [0, 0.05) is 23.5 Å². The number of aromatic amines is 1. The zero-order valence-electron chi connectivity index (χ0n) is 16.4. The van der Waals surface area contributed by atoms with E-state index in [1.54, 1.807) is 6.08 Å². The number of allylic oxidation sites excluding steroid dienone is 1. The topological polar surface area (TPSA) is 101 Å². The third kappa shape index (κ3) is 4.29. The van der Waals surface area contributed by atoms with E-state index in [4.69, 9.17) is 14.2 Å². The number of ether oxygens (including phenoxy) is 3. The molecule has 0 bridgehead atoms. The van der Waals surface area contributed by atoms with Crippen molar-refractivity contribution >= 4 is 22.8 Å². The van der Waals surface area contributed by atoms with Gasteiger partial charge in [0.1, 0.15) is 24.4 Å². The minimum absolute atomic E-state index is 0.0291. The van der Waals surface area contributed by atoms with Gasteiger partial charge in [-0.05, 0) is 30.2 Å². The number of benzene rings is 1. The van der Waals surface area contributed by atoms with Crippen molar-refractivity contribution in [2.75, 3.05) is 6.61 Å². The number of rotatable bonds is 6. The first-order chi connectivity index (χ1) is 14.1. The third-order valence-corrected chi connectivity index (χ3v) is 5.54. The molecule has 4 rings (SSSR count). The Morgan fingerprint density at radius 2 is 2.07 bits per heavy atom. The van der Waals surface area contributed by atoms with Crippen LogP contribution >= 0.6 is 0 Å². The minimum atomic E-state index is -1.19. The van der Waals surface area contributed by atoms with Gasteiger partial charge in [-0.1, -0.05) is 31.5 Å². The van der Waals surface area contributed by atoms with Crippen molar-refractivity contribution < 1.29 is 29.2 Å². The van der Waals surface area contributed by atoms with E-state index < -0.39 is 36.8 Å². The second-order valence-corrected chi connectivity index (χ2v) is 7.64. The first-order valence-electron chi connectivity index (χ1n) is 10.1. The highest BCUT2D eigenvalue weighted by atomic mass is 16.7. The fourth-order valence-corrected chi connectivity index (χ4v) is 3.97. The summed E-state index contributed by atoms with van der Waals surface area (Å²) in [5.41, 5.74) is 1.91. The molecule has 0 amide bonds. The number of H-pyrrole nitrogens is 1. The molecule has 3 heterocycles. The zero-order chi connectivity index (χ0) is 20.4. The maximum Gasteiger partial charge on any atom is 0.158 e. The van der Waals surface area contributed by atoms with Gasteiger partial charge in [-0.25, -0.2) is 0 Å². The first kappa shape index (κ1) is 20.3. The summed E-state index contributed by atoms with van der Waals surface area (Å²) in [6.45, 7) is 2.29. The van der Waals surface area contributed by atoms with Crippen molar-refractivity contribution in [3.05, 3.63) is 42.1 Å². The van der Waals surface area contributed by atoms with Crippen molar-refractivity contribution in [3.63, 3.8) is 0 Å². The molecule has 6 atom stereocenters. The van der Waals surface area contributed by atoms with Crippen LogP contribution in [0.4, 0.5) is 0 Å². The molecule has 7 nitrogen and oxygen atoms in total. The van der Waals surface area contributed by atoms with Crippen LogP contribution in [0.3, 0.4) is 0 Å². The van der Waals surface area contributed by atoms with Crippen LogP contribution in [0.15, 0.2) is 36.5 Å². The van der Waals surface area contributed by atoms with Gasteiger partial charge in [0.25, 0.3) is 0 Å². The van der Waals surface area contributed by atoms with Gasteiger partial charge in [-0.15, -0.1) is 0 Å². The highest BCUT2D eigenvalue weighted by Gasteiger charge is 2.48. The summed E-state index contributed by atoms with van der Waals surface area (Å²) in [5, 5.41) is 22.0. The van der Waals surface area contributed by atoms with Crippen LogP contribution < -0.4 is 0 Å². The molecule has 2 aliphatic heterocycles. The number of aliphatic hydroxyl groups excluding tert-OH is 2. The van der Waals surface area contributed by atoms with Gasteiger partial charge in [0.15, 0.2) is 12.1 Å². The Bertz CT molecular complexity index is 875. The van der Waals surface area contributed by atoms with E-state index in [1.165, 1.54) is 6.08 Å². The van der Waals surface area contributed by atoms with Crippen molar-refractivity contribution in [1.29, 1.82) is 0 Å². The molecular formula is C22H27NO6. The van der Waals surface area contributed by atoms with Crippen LogP contribution in [0, 0.1) is 0 Å². The Hall–Kier alpha value is -2.03. The molecule has 7 heteroatoms. The number of carbonyl (C=O) groups is 1. The molecule has 3 N–H and O–H groups in total. The lowest BCUT2D eigenvalue weighted by atomic mass is 9.91. The summed E-state index contributed by atoms with van der Waals surface area (Å²) in [5.74, 6) is -0.188. The van der Waals surface area contributed by atoms with E-state index in [0.29, 0.717) is 6.42 Å². The predicted molar refractivity (Wildman–Crippen MR) is 107 cm³/mol. The minimum Gasteiger partial charge on any atom is -0.388 e. The molecule has 0 spiro atoms. The lowest BCUT2D eigenvalue weighted by molar-refractivity contribution is -0.325. The standard InChI is InChI=1S/C22H27NO6/c1-2-5-19-27-12-18-22(29-19)21(26)20(25)17(28-18)10-14(24)9-8-13-11-23-16-7-4-3-6-15(13)16/h3-4,6-9,11,17-23,25-26H,2,5,10,12H2,1H3/b9-8+/t17-,18+,19?,20-,21+,22+/m0/s1. The summed E-state index contributed by atoms with van der Waals surface area (Å²) in [7, 11) is 0. The van der Waals surface area contributed by atoms with Gasteiger partial charge < -0.3 is 29.4 Å². The molecule has 2 saturated heterocycles. The number of para-hydroxylation sites is 1. The van der Waals surface area contributed by atoms with E-state index in [0.717, 1.165) is 22.9 Å². The van der Waals surface area contributed by atoms with Gasteiger partial charge in [0.05, 0.1) is 12.7 Å². The molecule has 156 valence electrons. The third-order valence-electron chi connectivity index (χ3n) is 5.54. The number of nitrogens with one attached hydrogen (secondary N) is 1. The number of aliphatic hydroxyl groups is 2. The van der Waals surface area contributed by atoms with E-state index in [9.17, 15) is 15.0 Å². The second kappa shape index (κ2) is 8.77. The molecule has 0 saturated carbocycles. The quantitative estimate of drug-likeness (QED) is 0.642. The molecule has 0 aliphatic carbocycles. The van der Waals surface area contributed by atoms with Gasteiger partial charge in [-0.3, -0.25) is 4.79 Å². The summed E-state index contributed by atoms with van der Waals surface area (Å²) in [6, 6.07) is 7.84. The molecule has 29 heavy (non-hydrogen) atoms. The molecule has 2 fully saturated rings. The summed E-state index contributed by atoms with van der Waals surface area (Å²) in [4.78, 5) is 15.6. The number of hydrogen-bond acceptors (Lipinski definition) is 6. The molecular weight excluding hydrogens is 374 g/mol. The number of ketones is 1. The summed E-state index contributed by atoms with van der Waals surface area (Å²) in [6.07, 6.45) is 1.98. The van der Waals surface area contributed by atoms with E-state index in [1.807, 2.05) is 37.4 Å². The predicted octanol–water partition coefficient (Wildman–Crippen LogP) is 2.17. The van der Waals surface area contributed by atoms with E-state index in [2.05, 4.69) is 4.98 Å². The highest BCUT2D eigenvalue weighted by molar-refractivity contribution is 5.97. The van der Waals surface area contributed by atoms with Crippen LogP contribution in [-0.4, -0.2) is 64.4 Å². The van der Waals surface area contributed by atoms with E-state index in [-0.39, 0.29) is 18.8 Å². The van der Waals surface area contributed by atoms with E-state index >= 15 is 0 Å². The van der Waals surface area contributed by atoms with Crippen molar-refractivity contribution in [1.82, 2.24) is 4.98 Å². The first-order valence-corrected chi connectivity index (χ1v) is 10.1. The Kier molecular flexibility index (Phi) is 6.12. The number of fused-ring (bicyclic) bond motifs is 2. The van der Waals surface area contributed by atoms with Gasteiger partial charge >= 0.3 is 0 Å². The van der Waals surface area contributed by atoms with Crippen molar-refractivity contribution in [3.8, 4) is 0 Å². The Morgan fingerprint density at radius 3 is 2.90 bits per heavy atom. The average molecular weight is 401 g/mol. The summed E-state index contributed by atoms with van der Waals surface area (Å²) >= 11 is 0. The van der Waals surface area contributed by atoms with Crippen LogP contribution in [0.1, 0.15) is 31.7 Å². The van der Waals surface area contributed by atoms with Crippen LogP contribution in [-0.2, 0) is 19.0 Å². The lowest BCUT2D eigenvalue weighted by Gasteiger charge is -2.46. The van der Waals surface area contributed by atoms with Crippen molar-refractivity contribution in [2.45, 2.75) is 63.0 Å². The average Bonchev–Trinajstić information content (AvgIpc) is 3.14. The Balaban J connectivity index is 1.38. The maximum atomic E-state index is 12.5. The van der Waals surface area contributed by atoms with Crippen LogP contribution in [0.5, 0.6) is 0 Å². The molecule has 1 aromatic heterocycles. The monoisotopic (exact) mass is 401 g/mol.